The van der Waals surface area contributed by atoms with Crippen molar-refractivity contribution in [3.05, 3.63) is 76.9 Å². The standard InChI is InChI=1S/C32H31N3O13S/c1-13(36)34-25-21(39)11-31(45,29(43)44)47-27(25)26(41)22(40)12-33-30(49)35-14-2-5-18-17(8-14)28(42)48-32(18)19-6-3-15(37)9-23(19)46-24-10-16(38)4-7-20(24)32/h2-10,21-22,25-27,37-41,45H,11-12H2,1H3,(H,34,36)(H,43,44)(H2,33,35,49)/t21-,22+,25-,26-,27-,31-/m1/s1. The van der Waals surface area contributed by atoms with E-state index in [9.17, 15) is 50.1 Å². The molecule has 1 saturated heterocycles. The Kier molecular flexibility index (Phi) is 8.60. The lowest BCUT2D eigenvalue weighted by molar-refractivity contribution is -0.294. The summed E-state index contributed by atoms with van der Waals surface area (Å²) >= 11 is 5.33. The average molecular weight is 698 g/mol. The molecule has 258 valence electrons. The van der Waals surface area contributed by atoms with Crippen molar-refractivity contribution >= 4 is 40.9 Å². The number of esters is 1. The summed E-state index contributed by atoms with van der Waals surface area (Å²) in [6.45, 7) is 0.679. The number of rotatable bonds is 7. The van der Waals surface area contributed by atoms with Gasteiger partial charge in [0.15, 0.2) is 10.7 Å². The minimum atomic E-state index is -2.89. The summed E-state index contributed by atoms with van der Waals surface area (Å²) in [5, 5.41) is 79.8. The van der Waals surface area contributed by atoms with Gasteiger partial charge in [-0.05, 0) is 48.6 Å². The highest BCUT2D eigenvalue weighted by Gasteiger charge is 2.55. The second kappa shape index (κ2) is 12.4. The Bertz CT molecular complexity index is 1820. The fourth-order valence-corrected chi connectivity index (χ4v) is 6.51. The first-order valence-corrected chi connectivity index (χ1v) is 15.3. The summed E-state index contributed by atoms with van der Waals surface area (Å²) in [6, 6.07) is 12.1. The lowest BCUT2D eigenvalue weighted by Crippen LogP contribution is -2.67. The number of aromatic hydroxyl groups is 2. The molecule has 3 aliphatic heterocycles. The number of fused-ring (bicyclic) bond motifs is 6. The molecule has 16 nitrogen and oxygen atoms in total. The van der Waals surface area contributed by atoms with Crippen molar-refractivity contribution in [2.75, 3.05) is 11.9 Å². The van der Waals surface area contributed by atoms with Gasteiger partial charge >= 0.3 is 11.9 Å². The first-order valence-electron chi connectivity index (χ1n) is 14.9. The van der Waals surface area contributed by atoms with Gasteiger partial charge in [-0.2, -0.15) is 0 Å². The lowest BCUT2D eigenvalue weighted by Gasteiger charge is -2.44. The van der Waals surface area contributed by atoms with E-state index in [4.69, 9.17) is 26.4 Å². The third kappa shape index (κ3) is 5.96. The van der Waals surface area contributed by atoms with Crippen molar-refractivity contribution in [1.82, 2.24) is 10.6 Å². The second-order valence-electron chi connectivity index (χ2n) is 11.9. The zero-order chi connectivity index (χ0) is 35.4. The average Bonchev–Trinajstić information content (AvgIpc) is 3.31. The molecule has 1 amide bonds. The predicted octanol–water partition coefficient (Wildman–Crippen LogP) is 0.102. The molecule has 3 aromatic carbocycles. The SMILES string of the molecule is CC(=O)N[C@H]1[C@H]([C@H](O)[C@@H](O)CNC(=S)Nc2ccc3c(c2)C(=O)OC32c3ccc(O)cc3Oc3cc(O)ccc32)O[C@@](O)(C(=O)O)C[C@H]1O. The Labute approximate surface area is 282 Å². The van der Waals surface area contributed by atoms with Crippen molar-refractivity contribution in [3.8, 4) is 23.0 Å². The van der Waals surface area contributed by atoms with Gasteiger partial charge in [0.25, 0.3) is 5.79 Å². The minimum Gasteiger partial charge on any atom is -0.508 e. The number of aliphatic hydroxyl groups is 4. The highest BCUT2D eigenvalue weighted by molar-refractivity contribution is 7.80. The van der Waals surface area contributed by atoms with Gasteiger partial charge < -0.3 is 65.9 Å². The van der Waals surface area contributed by atoms with Crippen molar-refractivity contribution in [3.63, 3.8) is 0 Å². The molecule has 6 rings (SSSR count). The maximum atomic E-state index is 13.4. The summed E-state index contributed by atoms with van der Waals surface area (Å²) in [7, 11) is 0. The van der Waals surface area contributed by atoms with Gasteiger partial charge in [0, 0.05) is 54.4 Å². The number of aliphatic carboxylic acids is 1. The smallest absolute Gasteiger partial charge is 0.364 e. The van der Waals surface area contributed by atoms with E-state index in [2.05, 4.69) is 16.0 Å². The molecule has 6 atom stereocenters. The minimum absolute atomic E-state index is 0.0648. The number of phenols is 2. The Morgan fingerprint density at radius 3 is 2.20 bits per heavy atom. The lowest BCUT2D eigenvalue weighted by atomic mass is 9.77. The van der Waals surface area contributed by atoms with Gasteiger partial charge in [-0.25, -0.2) is 9.59 Å². The van der Waals surface area contributed by atoms with E-state index in [0.29, 0.717) is 22.4 Å². The van der Waals surface area contributed by atoms with Crippen LogP contribution in [0.5, 0.6) is 23.0 Å². The van der Waals surface area contributed by atoms with Gasteiger partial charge in [0.05, 0.1) is 23.8 Å². The van der Waals surface area contributed by atoms with Crippen LogP contribution in [0.2, 0.25) is 0 Å². The van der Waals surface area contributed by atoms with Gasteiger partial charge in [0.1, 0.15) is 35.2 Å². The van der Waals surface area contributed by atoms with Crippen molar-refractivity contribution in [2.45, 2.75) is 55.2 Å². The molecule has 3 aromatic rings. The van der Waals surface area contributed by atoms with Crippen molar-refractivity contribution in [2.24, 2.45) is 0 Å². The number of ether oxygens (including phenoxy) is 3. The number of hydrogen-bond donors (Lipinski definition) is 10. The summed E-state index contributed by atoms with van der Waals surface area (Å²) in [5.74, 6) is -5.78. The molecule has 1 spiro atoms. The van der Waals surface area contributed by atoms with Gasteiger partial charge in [-0.3, -0.25) is 4.79 Å². The Morgan fingerprint density at radius 1 is 1.00 bits per heavy atom. The molecule has 3 aliphatic rings. The van der Waals surface area contributed by atoms with Crippen molar-refractivity contribution in [1.29, 1.82) is 0 Å². The number of carbonyl (C=O) groups is 3. The summed E-state index contributed by atoms with van der Waals surface area (Å²) in [4.78, 5) is 36.6. The van der Waals surface area contributed by atoms with Crippen LogP contribution in [0.25, 0.3) is 0 Å². The fourth-order valence-electron chi connectivity index (χ4n) is 6.30. The number of carboxylic acids is 1. The molecule has 0 unspecified atom stereocenters. The van der Waals surface area contributed by atoms with Crippen LogP contribution in [-0.2, 0) is 24.7 Å². The highest BCUT2D eigenvalue weighted by atomic mass is 32.1. The molecule has 3 heterocycles. The highest BCUT2D eigenvalue weighted by Crippen LogP contribution is 2.57. The molecule has 0 aromatic heterocycles. The van der Waals surface area contributed by atoms with E-state index in [1.807, 2.05) is 0 Å². The third-order valence-electron chi connectivity index (χ3n) is 8.52. The number of thiocarbonyl (C=S) groups is 1. The van der Waals surface area contributed by atoms with Crippen LogP contribution in [-0.4, -0.2) is 101 Å². The summed E-state index contributed by atoms with van der Waals surface area (Å²) < 4.78 is 17.2. The van der Waals surface area contributed by atoms with Gasteiger partial charge in [0.2, 0.25) is 5.91 Å². The van der Waals surface area contributed by atoms with Crippen LogP contribution in [0.3, 0.4) is 0 Å². The molecule has 0 aliphatic carbocycles. The summed E-state index contributed by atoms with van der Waals surface area (Å²) in [6.07, 6.45) is -7.83. The molecule has 10 N–H and O–H groups in total. The van der Waals surface area contributed by atoms with Crippen molar-refractivity contribution < 1.29 is 64.3 Å². The van der Waals surface area contributed by atoms with E-state index in [0.717, 1.165) is 6.92 Å². The van der Waals surface area contributed by atoms with E-state index < -0.39 is 72.7 Å². The Hall–Kier alpha value is -5.04. The number of amides is 1. The van der Waals surface area contributed by atoms with Gasteiger partial charge in [-0.15, -0.1) is 0 Å². The van der Waals surface area contributed by atoms with Crippen LogP contribution in [0.4, 0.5) is 5.69 Å². The topological polar surface area (TPSA) is 257 Å². The van der Waals surface area contributed by atoms with Crippen LogP contribution in [0, 0.1) is 0 Å². The molecule has 0 saturated carbocycles. The Morgan fingerprint density at radius 2 is 1.61 bits per heavy atom. The maximum absolute atomic E-state index is 13.4. The predicted molar refractivity (Wildman–Crippen MR) is 170 cm³/mol. The number of carboxylic acid groups (broad SMARTS) is 1. The first kappa shape index (κ1) is 33.8. The molecule has 49 heavy (non-hydrogen) atoms. The molecule has 17 heteroatoms. The van der Waals surface area contributed by atoms with Crippen LogP contribution in [0.1, 0.15) is 40.4 Å². The number of anilines is 1. The van der Waals surface area contributed by atoms with Crippen LogP contribution >= 0.6 is 12.2 Å². The molecular weight excluding hydrogens is 666 g/mol. The number of aliphatic hydroxyl groups excluding tert-OH is 3. The zero-order valence-electron chi connectivity index (χ0n) is 25.5. The normalized spacial score (nSPS) is 24.3. The van der Waals surface area contributed by atoms with E-state index in [1.165, 1.54) is 30.3 Å². The molecule has 1 fully saturated rings. The molecular formula is C32H31N3O13S. The third-order valence-corrected chi connectivity index (χ3v) is 8.77. The number of carbonyl (C=O) groups excluding carboxylic acids is 2. The van der Waals surface area contributed by atoms with Crippen LogP contribution in [0.15, 0.2) is 54.6 Å². The second-order valence-corrected chi connectivity index (χ2v) is 12.3. The van der Waals surface area contributed by atoms with E-state index in [1.54, 1.807) is 24.3 Å². The number of phenolic OH excluding ortho intramolecular Hbond substituents is 2. The quantitative estimate of drug-likeness (QED) is 0.116. The number of benzene rings is 3. The zero-order valence-corrected chi connectivity index (χ0v) is 26.3. The molecule has 0 radical (unpaired) electrons. The number of nitrogens with one attached hydrogen (secondary N) is 3. The number of hydrogen-bond acceptors (Lipinski definition) is 13. The fraction of sp³-hybridized carbons (Fsp3) is 0.312. The van der Waals surface area contributed by atoms with E-state index >= 15 is 0 Å². The van der Waals surface area contributed by atoms with Crippen LogP contribution < -0.4 is 20.7 Å². The first-order chi connectivity index (χ1) is 23.1. The monoisotopic (exact) mass is 697 g/mol. The summed E-state index contributed by atoms with van der Waals surface area (Å²) in [5.41, 5.74) is 0.375. The Balaban J connectivity index is 1.19. The van der Waals surface area contributed by atoms with E-state index in [-0.39, 0.29) is 33.7 Å². The largest absolute Gasteiger partial charge is 0.508 e. The molecule has 0 bridgehead atoms. The van der Waals surface area contributed by atoms with Gasteiger partial charge in [-0.1, -0.05) is 6.07 Å². The maximum Gasteiger partial charge on any atom is 0.364 e.